The predicted molar refractivity (Wildman–Crippen MR) is 94.0 cm³/mol. The van der Waals surface area contributed by atoms with Crippen LogP contribution in [0.3, 0.4) is 0 Å². The highest BCUT2D eigenvalue weighted by molar-refractivity contribution is 5.84. The minimum Gasteiger partial charge on any atom is -0.472 e. The molecule has 0 radical (unpaired) electrons. The summed E-state index contributed by atoms with van der Waals surface area (Å²) < 4.78 is 10.7. The molecule has 1 amide bonds. The first kappa shape index (κ1) is 16.4. The van der Waals surface area contributed by atoms with Gasteiger partial charge >= 0.3 is 0 Å². The maximum absolute atomic E-state index is 13.2. The highest BCUT2D eigenvalue weighted by atomic mass is 16.5. The molecule has 2 aliphatic rings. The first-order chi connectivity index (χ1) is 12.2. The van der Waals surface area contributed by atoms with E-state index in [9.17, 15) is 4.79 Å². The van der Waals surface area contributed by atoms with E-state index in [2.05, 4.69) is 17.0 Å². The number of rotatable bonds is 5. The van der Waals surface area contributed by atoms with Crippen molar-refractivity contribution in [3.63, 3.8) is 0 Å². The molecule has 132 valence electrons. The average molecular weight is 340 g/mol. The van der Waals surface area contributed by atoms with Gasteiger partial charge in [0.25, 0.3) is 0 Å². The monoisotopic (exact) mass is 340 g/mol. The zero-order valence-electron chi connectivity index (χ0n) is 14.5. The molecule has 2 aliphatic heterocycles. The lowest BCUT2D eigenvalue weighted by Crippen LogP contribution is -2.59. The van der Waals surface area contributed by atoms with Gasteiger partial charge in [-0.25, -0.2) is 0 Å². The van der Waals surface area contributed by atoms with Gasteiger partial charge in [-0.1, -0.05) is 30.3 Å². The Bertz CT molecular complexity index is 701. The average Bonchev–Trinajstić information content (AvgIpc) is 3.29. The molecule has 0 saturated carbocycles. The van der Waals surface area contributed by atoms with Crippen molar-refractivity contribution in [3.8, 4) is 0 Å². The van der Waals surface area contributed by atoms with Gasteiger partial charge in [-0.15, -0.1) is 0 Å². The Morgan fingerprint density at radius 2 is 2.00 bits per heavy atom. The predicted octanol–water partition coefficient (Wildman–Crippen LogP) is 2.32. The summed E-state index contributed by atoms with van der Waals surface area (Å²) in [7, 11) is 1.73. The van der Waals surface area contributed by atoms with Gasteiger partial charge < -0.3 is 14.1 Å². The fourth-order valence-corrected chi connectivity index (χ4v) is 4.08. The van der Waals surface area contributed by atoms with Crippen LogP contribution in [0.15, 0.2) is 53.3 Å². The SMILES string of the molecule is CO[C@H]1C[C@H]2CN(Cc3ccoc3)[C@@H](Cc3ccccc3)C(=O)N2C1. The molecule has 1 aromatic carbocycles. The van der Waals surface area contributed by atoms with Gasteiger partial charge in [0.2, 0.25) is 5.91 Å². The quantitative estimate of drug-likeness (QED) is 0.838. The lowest BCUT2D eigenvalue weighted by Gasteiger charge is -2.42. The van der Waals surface area contributed by atoms with Crippen molar-refractivity contribution in [2.24, 2.45) is 0 Å². The summed E-state index contributed by atoms with van der Waals surface area (Å²) in [6.07, 6.45) is 5.26. The lowest BCUT2D eigenvalue weighted by atomic mass is 9.98. The molecule has 5 heteroatoms. The standard InChI is InChI=1S/C20H24N2O3/c1-24-18-10-17-12-21(11-16-7-8-25-14-16)19(20(23)22(17)13-18)9-15-5-3-2-4-6-15/h2-8,14,17-19H,9-13H2,1H3/t17-,18-,19-/m0/s1. The van der Waals surface area contributed by atoms with Crippen LogP contribution in [0.25, 0.3) is 0 Å². The van der Waals surface area contributed by atoms with Crippen molar-refractivity contribution < 1.29 is 13.9 Å². The van der Waals surface area contributed by atoms with E-state index < -0.39 is 0 Å². The molecule has 0 aliphatic carbocycles. The van der Waals surface area contributed by atoms with Gasteiger partial charge in [-0.05, 0) is 24.5 Å². The molecular weight excluding hydrogens is 316 g/mol. The summed E-state index contributed by atoms with van der Waals surface area (Å²) in [5.74, 6) is 0.225. The first-order valence-corrected chi connectivity index (χ1v) is 8.87. The molecule has 4 rings (SSSR count). The Balaban J connectivity index is 1.58. The molecule has 0 N–H and O–H groups in total. The van der Waals surface area contributed by atoms with Crippen molar-refractivity contribution in [3.05, 3.63) is 60.1 Å². The number of carbonyl (C=O) groups is 1. The Labute approximate surface area is 148 Å². The lowest BCUT2D eigenvalue weighted by molar-refractivity contribution is -0.144. The molecule has 2 aromatic rings. The highest BCUT2D eigenvalue weighted by Crippen LogP contribution is 2.29. The molecule has 0 spiro atoms. The van der Waals surface area contributed by atoms with E-state index >= 15 is 0 Å². The van der Waals surface area contributed by atoms with Crippen molar-refractivity contribution in [1.29, 1.82) is 0 Å². The van der Waals surface area contributed by atoms with Gasteiger partial charge in [0.05, 0.1) is 24.7 Å². The van der Waals surface area contributed by atoms with E-state index in [1.165, 1.54) is 5.56 Å². The van der Waals surface area contributed by atoms with Crippen LogP contribution in [0, 0.1) is 0 Å². The summed E-state index contributed by atoms with van der Waals surface area (Å²) in [5, 5.41) is 0. The third-order valence-electron chi connectivity index (χ3n) is 5.40. The van der Waals surface area contributed by atoms with E-state index in [1.807, 2.05) is 29.2 Å². The number of nitrogens with zero attached hydrogens (tertiary/aromatic N) is 2. The zero-order chi connectivity index (χ0) is 17.2. The van der Waals surface area contributed by atoms with E-state index in [1.54, 1.807) is 19.6 Å². The van der Waals surface area contributed by atoms with Gasteiger partial charge in [0.1, 0.15) is 0 Å². The molecule has 2 saturated heterocycles. The smallest absolute Gasteiger partial charge is 0.240 e. The van der Waals surface area contributed by atoms with Crippen molar-refractivity contribution in [2.45, 2.75) is 37.6 Å². The molecule has 0 unspecified atom stereocenters. The van der Waals surface area contributed by atoms with Crippen molar-refractivity contribution >= 4 is 5.91 Å². The second-order valence-corrected chi connectivity index (χ2v) is 7.00. The molecule has 0 bridgehead atoms. The number of furan rings is 1. The number of methoxy groups -OCH3 is 1. The Kier molecular flexibility index (Phi) is 4.59. The van der Waals surface area contributed by atoms with Crippen LogP contribution in [0.2, 0.25) is 0 Å². The Morgan fingerprint density at radius 3 is 2.72 bits per heavy atom. The molecular formula is C20H24N2O3. The molecule has 2 fully saturated rings. The fraction of sp³-hybridized carbons (Fsp3) is 0.450. The van der Waals surface area contributed by atoms with Crippen LogP contribution >= 0.6 is 0 Å². The summed E-state index contributed by atoms with van der Waals surface area (Å²) in [6.45, 7) is 2.33. The molecule has 5 nitrogen and oxygen atoms in total. The van der Waals surface area contributed by atoms with Crippen LogP contribution < -0.4 is 0 Å². The Hall–Kier alpha value is -2.11. The minimum absolute atomic E-state index is 0.135. The first-order valence-electron chi connectivity index (χ1n) is 8.87. The van der Waals surface area contributed by atoms with Gasteiger partial charge in [0, 0.05) is 38.3 Å². The van der Waals surface area contributed by atoms with Crippen LogP contribution in [-0.2, 0) is 22.5 Å². The van der Waals surface area contributed by atoms with Crippen LogP contribution in [0.1, 0.15) is 17.5 Å². The molecule has 3 heterocycles. The van der Waals surface area contributed by atoms with E-state index in [-0.39, 0.29) is 24.1 Å². The molecule has 1 aromatic heterocycles. The number of hydrogen-bond acceptors (Lipinski definition) is 4. The fourth-order valence-electron chi connectivity index (χ4n) is 4.08. The number of hydrogen-bond donors (Lipinski definition) is 0. The highest BCUT2D eigenvalue weighted by Gasteiger charge is 2.45. The number of piperazine rings is 1. The van der Waals surface area contributed by atoms with Crippen LogP contribution in [-0.4, -0.2) is 54.1 Å². The minimum atomic E-state index is -0.135. The summed E-state index contributed by atoms with van der Waals surface area (Å²) in [6, 6.07) is 12.3. The zero-order valence-corrected chi connectivity index (χ0v) is 14.5. The van der Waals surface area contributed by atoms with Crippen LogP contribution in [0.4, 0.5) is 0 Å². The van der Waals surface area contributed by atoms with Crippen molar-refractivity contribution in [1.82, 2.24) is 9.80 Å². The second kappa shape index (κ2) is 7.02. The van der Waals surface area contributed by atoms with E-state index in [4.69, 9.17) is 9.15 Å². The van der Waals surface area contributed by atoms with Gasteiger partial charge in [-0.3, -0.25) is 9.69 Å². The summed E-state index contributed by atoms with van der Waals surface area (Å²) >= 11 is 0. The maximum atomic E-state index is 13.2. The third-order valence-corrected chi connectivity index (χ3v) is 5.40. The van der Waals surface area contributed by atoms with E-state index in [0.717, 1.165) is 31.5 Å². The Morgan fingerprint density at radius 1 is 1.16 bits per heavy atom. The van der Waals surface area contributed by atoms with Crippen LogP contribution in [0.5, 0.6) is 0 Å². The normalized spacial score (nSPS) is 26.8. The van der Waals surface area contributed by atoms with E-state index in [0.29, 0.717) is 6.54 Å². The molecule has 25 heavy (non-hydrogen) atoms. The maximum Gasteiger partial charge on any atom is 0.240 e. The number of amides is 1. The number of fused-ring (bicyclic) bond motifs is 1. The number of benzene rings is 1. The number of carbonyl (C=O) groups excluding carboxylic acids is 1. The summed E-state index contributed by atoms with van der Waals surface area (Å²) in [4.78, 5) is 17.6. The van der Waals surface area contributed by atoms with Crippen molar-refractivity contribution in [2.75, 3.05) is 20.2 Å². The van der Waals surface area contributed by atoms with Gasteiger partial charge in [0.15, 0.2) is 0 Å². The topological polar surface area (TPSA) is 45.9 Å². The second-order valence-electron chi connectivity index (χ2n) is 7.00. The molecule has 3 atom stereocenters. The third kappa shape index (κ3) is 3.34. The van der Waals surface area contributed by atoms with Gasteiger partial charge in [-0.2, -0.15) is 0 Å². The summed E-state index contributed by atoms with van der Waals surface area (Å²) in [5.41, 5.74) is 2.31. The largest absolute Gasteiger partial charge is 0.472 e. The number of ether oxygens (including phenoxy) is 1.